The lowest BCUT2D eigenvalue weighted by Gasteiger charge is -2.08. The van der Waals surface area contributed by atoms with Crippen molar-refractivity contribution in [1.82, 2.24) is 9.97 Å². The maximum Gasteiger partial charge on any atom is 0.196 e. The Kier molecular flexibility index (Phi) is 4.40. The molecule has 0 fully saturated rings. The average Bonchev–Trinajstić information content (AvgIpc) is 3.19. The Morgan fingerprint density at radius 3 is 2.48 bits per heavy atom. The van der Waals surface area contributed by atoms with E-state index in [4.69, 9.17) is 10.5 Å². The molecule has 4 aromatic rings. The molecule has 2 aromatic heterocycles. The molecule has 3 N–H and O–H groups in total. The van der Waals surface area contributed by atoms with Gasteiger partial charge in [-0.1, -0.05) is 18.2 Å². The third kappa shape index (κ3) is 3.14. The Bertz CT molecular complexity index is 1330. The fourth-order valence-electron chi connectivity index (χ4n) is 3.04. The van der Waals surface area contributed by atoms with Gasteiger partial charge >= 0.3 is 0 Å². The van der Waals surface area contributed by atoms with E-state index in [1.165, 1.54) is 24.5 Å². The summed E-state index contributed by atoms with van der Waals surface area (Å²) >= 11 is 0. The number of aromatic nitrogens is 2. The first kappa shape index (κ1) is 17.8. The van der Waals surface area contributed by atoms with Crippen LogP contribution in [0.4, 0.5) is 5.69 Å². The first-order chi connectivity index (χ1) is 14.1. The predicted octanol–water partition coefficient (Wildman–Crippen LogP) is 3.91. The zero-order valence-corrected chi connectivity index (χ0v) is 15.0. The minimum atomic E-state index is -0.400. The average molecular weight is 379 g/mol. The maximum absolute atomic E-state index is 13.1. The Hall–Kier alpha value is -4.62. The lowest BCUT2D eigenvalue weighted by atomic mass is 9.97. The number of nitrogens with zero attached hydrogens (tertiary/aromatic N) is 3. The number of rotatable bonds is 4. The molecule has 0 aliphatic carbocycles. The van der Waals surface area contributed by atoms with Crippen molar-refractivity contribution in [2.24, 2.45) is 0 Å². The second kappa shape index (κ2) is 7.18. The molecule has 0 radical (unpaired) electrons. The SMILES string of the molecule is N#Cc1cc(Oc2ccccc2)ccc1C(=O)c1c[nH]c2ncc(C#N)c(N)c12. The number of hydrogen-bond acceptors (Lipinski definition) is 6. The van der Waals surface area contributed by atoms with E-state index in [1.807, 2.05) is 30.3 Å². The van der Waals surface area contributed by atoms with E-state index in [-0.39, 0.29) is 27.9 Å². The van der Waals surface area contributed by atoms with Gasteiger partial charge in [-0.05, 0) is 30.3 Å². The van der Waals surface area contributed by atoms with Gasteiger partial charge in [0.2, 0.25) is 0 Å². The Morgan fingerprint density at radius 2 is 1.76 bits per heavy atom. The lowest BCUT2D eigenvalue weighted by molar-refractivity contribution is 0.104. The van der Waals surface area contributed by atoms with Crippen molar-refractivity contribution in [3.05, 3.63) is 83.2 Å². The minimum Gasteiger partial charge on any atom is -0.457 e. The van der Waals surface area contributed by atoms with E-state index < -0.39 is 5.78 Å². The number of nitriles is 2. The number of hydrogen-bond donors (Lipinski definition) is 2. The summed E-state index contributed by atoms with van der Waals surface area (Å²) in [5, 5.41) is 19.1. The van der Waals surface area contributed by atoms with E-state index in [0.717, 1.165) is 0 Å². The van der Waals surface area contributed by atoms with Crippen LogP contribution in [0.25, 0.3) is 11.0 Å². The van der Waals surface area contributed by atoms with Crippen LogP contribution in [0, 0.1) is 22.7 Å². The Balaban J connectivity index is 1.76. The second-order valence-corrected chi connectivity index (χ2v) is 6.19. The normalized spacial score (nSPS) is 10.3. The lowest BCUT2D eigenvalue weighted by Crippen LogP contribution is -2.05. The number of carbonyl (C=O) groups is 1. The Morgan fingerprint density at radius 1 is 1.00 bits per heavy atom. The number of fused-ring (bicyclic) bond motifs is 1. The standard InChI is InChI=1S/C22H13N5O2/c23-9-13-8-16(29-15-4-2-1-3-5-15)6-7-17(13)21(28)18-12-27-22-19(18)20(25)14(10-24)11-26-22/h1-8,11-12H,(H3,25,26,27). The van der Waals surface area contributed by atoms with Gasteiger partial charge in [0.05, 0.1) is 27.8 Å². The van der Waals surface area contributed by atoms with E-state index in [0.29, 0.717) is 22.5 Å². The van der Waals surface area contributed by atoms with Crippen molar-refractivity contribution in [3.8, 4) is 23.6 Å². The molecule has 0 saturated carbocycles. The maximum atomic E-state index is 13.1. The van der Waals surface area contributed by atoms with Crippen molar-refractivity contribution in [3.63, 3.8) is 0 Å². The third-order valence-corrected chi connectivity index (χ3v) is 4.44. The molecular formula is C22H13N5O2. The molecule has 0 amide bonds. The fourth-order valence-corrected chi connectivity index (χ4v) is 3.04. The summed E-state index contributed by atoms with van der Waals surface area (Å²) < 4.78 is 5.73. The van der Waals surface area contributed by atoms with Gasteiger partial charge in [0.15, 0.2) is 5.78 Å². The highest BCUT2D eigenvalue weighted by atomic mass is 16.5. The number of ketones is 1. The second-order valence-electron chi connectivity index (χ2n) is 6.19. The molecule has 0 saturated heterocycles. The number of nitrogen functional groups attached to an aromatic ring is 1. The molecule has 7 nitrogen and oxygen atoms in total. The van der Waals surface area contributed by atoms with Crippen molar-refractivity contribution in [2.75, 3.05) is 5.73 Å². The summed E-state index contributed by atoms with van der Waals surface area (Å²) in [4.78, 5) is 20.1. The highest BCUT2D eigenvalue weighted by Gasteiger charge is 2.21. The van der Waals surface area contributed by atoms with Crippen LogP contribution in [0.2, 0.25) is 0 Å². The first-order valence-electron chi connectivity index (χ1n) is 8.59. The van der Waals surface area contributed by atoms with Crippen molar-refractivity contribution < 1.29 is 9.53 Å². The molecular weight excluding hydrogens is 366 g/mol. The van der Waals surface area contributed by atoms with E-state index in [2.05, 4.69) is 9.97 Å². The largest absolute Gasteiger partial charge is 0.457 e. The van der Waals surface area contributed by atoms with E-state index >= 15 is 0 Å². The number of H-pyrrole nitrogens is 1. The highest BCUT2D eigenvalue weighted by molar-refractivity contribution is 6.19. The minimum absolute atomic E-state index is 0.167. The van der Waals surface area contributed by atoms with Crippen molar-refractivity contribution in [1.29, 1.82) is 10.5 Å². The summed E-state index contributed by atoms with van der Waals surface area (Å²) in [6.45, 7) is 0. The van der Waals surface area contributed by atoms with Gasteiger partial charge in [-0.15, -0.1) is 0 Å². The summed E-state index contributed by atoms with van der Waals surface area (Å²) in [5.41, 5.74) is 7.41. The fraction of sp³-hybridized carbons (Fsp3) is 0. The van der Waals surface area contributed by atoms with Crippen molar-refractivity contribution in [2.45, 2.75) is 0 Å². The van der Waals surface area contributed by atoms with Crippen LogP contribution in [0.5, 0.6) is 11.5 Å². The Labute approximate surface area is 165 Å². The number of benzene rings is 2. The molecule has 29 heavy (non-hydrogen) atoms. The van der Waals surface area contributed by atoms with E-state index in [1.54, 1.807) is 18.2 Å². The first-order valence-corrected chi connectivity index (χ1v) is 8.59. The number of ether oxygens (including phenoxy) is 1. The summed E-state index contributed by atoms with van der Waals surface area (Å²) in [6, 6.07) is 17.8. The number of anilines is 1. The van der Waals surface area contributed by atoms with Gasteiger partial charge in [0.1, 0.15) is 29.3 Å². The summed E-state index contributed by atoms with van der Waals surface area (Å²) in [6.07, 6.45) is 2.83. The van der Waals surface area contributed by atoms with Crippen LogP contribution in [-0.4, -0.2) is 15.8 Å². The number of para-hydroxylation sites is 1. The smallest absolute Gasteiger partial charge is 0.196 e. The highest BCUT2D eigenvalue weighted by Crippen LogP contribution is 2.30. The zero-order valence-electron chi connectivity index (χ0n) is 15.0. The van der Waals surface area contributed by atoms with Gasteiger partial charge in [-0.25, -0.2) is 4.98 Å². The monoisotopic (exact) mass is 379 g/mol. The van der Waals surface area contributed by atoms with Gasteiger partial charge < -0.3 is 15.5 Å². The number of nitrogens with one attached hydrogen (secondary N) is 1. The van der Waals surface area contributed by atoms with Crippen LogP contribution in [-0.2, 0) is 0 Å². The molecule has 0 aliphatic heterocycles. The molecule has 0 aliphatic rings. The number of aromatic amines is 1. The van der Waals surface area contributed by atoms with Crippen LogP contribution in [0.1, 0.15) is 27.0 Å². The van der Waals surface area contributed by atoms with Crippen LogP contribution in [0.3, 0.4) is 0 Å². The quantitative estimate of drug-likeness (QED) is 0.517. The van der Waals surface area contributed by atoms with Gasteiger partial charge in [0.25, 0.3) is 0 Å². The number of carbonyl (C=O) groups excluding carboxylic acids is 1. The van der Waals surface area contributed by atoms with Gasteiger partial charge in [-0.3, -0.25) is 4.79 Å². The zero-order chi connectivity index (χ0) is 20.4. The predicted molar refractivity (Wildman–Crippen MR) is 106 cm³/mol. The molecule has 0 atom stereocenters. The van der Waals surface area contributed by atoms with E-state index in [9.17, 15) is 15.3 Å². The topological polar surface area (TPSA) is 129 Å². The molecule has 0 unspecified atom stereocenters. The molecule has 7 heteroatoms. The van der Waals surface area contributed by atoms with Crippen LogP contribution >= 0.6 is 0 Å². The molecule has 138 valence electrons. The van der Waals surface area contributed by atoms with Crippen molar-refractivity contribution >= 4 is 22.5 Å². The number of pyridine rings is 1. The number of nitrogens with two attached hydrogens (primary N) is 1. The third-order valence-electron chi connectivity index (χ3n) is 4.44. The van der Waals surface area contributed by atoms with Gasteiger partial charge in [-0.2, -0.15) is 10.5 Å². The summed E-state index contributed by atoms with van der Waals surface area (Å²) in [7, 11) is 0. The van der Waals surface area contributed by atoms with Gasteiger partial charge in [0, 0.05) is 18.0 Å². The molecule has 2 heterocycles. The molecule has 0 bridgehead atoms. The molecule has 4 rings (SSSR count). The molecule has 2 aromatic carbocycles. The van der Waals surface area contributed by atoms with Crippen LogP contribution < -0.4 is 10.5 Å². The summed E-state index contributed by atoms with van der Waals surface area (Å²) in [5.74, 6) is 0.661. The van der Waals surface area contributed by atoms with Crippen LogP contribution in [0.15, 0.2) is 60.9 Å². The molecule has 0 spiro atoms.